The maximum atomic E-state index is 12.0. The lowest BCUT2D eigenvalue weighted by Gasteiger charge is -2.14. The number of benzene rings is 1. The number of rotatable bonds is 2. The van der Waals surface area contributed by atoms with Crippen LogP contribution in [0.25, 0.3) is 0 Å². The average Bonchev–Trinajstić information content (AvgIpc) is 2.54. The van der Waals surface area contributed by atoms with Gasteiger partial charge in [0, 0.05) is 6.42 Å². The average molecular weight is 249 g/mol. The fraction of sp³-hybridized carbons (Fsp3) is 0.182. The monoisotopic (exact) mass is 249 g/mol. The van der Waals surface area contributed by atoms with Crippen LogP contribution in [0.4, 0.5) is 5.69 Å². The molecule has 17 heavy (non-hydrogen) atoms. The van der Waals surface area contributed by atoms with E-state index in [1.807, 2.05) is 6.07 Å². The number of imide groups is 1. The fourth-order valence-corrected chi connectivity index (χ4v) is 2.44. The molecule has 1 aromatic carbocycles. The lowest BCUT2D eigenvalue weighted by Crippen LogP contribution is -2.31. The first-order chi connectivity index (χ1) is 8.09. The van der Waals surface area contributed by atoms with E-state index in [4.69, 9.17) is 11.1 Å². The van der Waals surface area contributed by atoms with E-state index in [2.05, 4.69) is 0 Å². The van der Waals surface area contributed by atoms with Crippen molar-refractivity contribution < 1.29 is 9.59 Å². The summed E-state index contributed by atoms with van der Waals surface area (Å²) in [6.45, 7) is 0. The van der Waals surface area contributed by atoms with E-state index < -0.39 is 5.25 Å². The van der Waals surface area contributed by atoms with Gasteiger partial charge in [-0.3, -0.25) is 15.0 Å². The number of nitrogens with two attached hydrogens (primary N) is 1. The van der Waals surface area contributed by atoms with Crippen LogP contribution in [0.2, 0.25) is 0 Å². The molecule has 0 radical (unpaired) electrons. The number of thioether (sulfide) groups is 1. The molecular weight excluding hydrogens is 238 g/mol. The van der Waals surface area contributed by atoms with E-state index in [0.29, 0.717) is 5.69 Å². The molecule has 1 aromatic rings. The largest absolute Gasteiger partial charge is 0.379 e. The molecule has 5 nitrogen and oxygen atoms in total. The van der Waals surface area contributed by atoms with Gasteiger partial charge in [0.2, 0.25) is 11.8 Å². The maximum absolute atomic E-state index is 12.0. The molecule has 88 valence electrons. The van der Waals surface area contributed by atoms with Gasteiger partial charge in [-0.05, 0) is 12.1 Å². The summed E-state index contributed by atoms with van der Waals surface area (Å²) >= 11 is 0.921. The molecule has 0 bridgehead atoms. The standard InChI is InChI=1S/C11H11N3O2S/c12-11(13)17-8-6-9(15)14(10(8)16)7-4-2-1-3-5-7/h1-5,8H,6H2,(H3,12,13). The Morgan fingerprint density at radius 3 is 2.59 bits per heavy atom. The maximum Gasteiger partial charge on any atom is 0.247 e. The van der Waals surface area contributed by atoms with Gasteiger partial charge < -0.3 is 5.73 Å². The molecule has 3 N–H and O–H groups in total. The van der Waals surface area contributed by atoms with Crippen molar-refractivity contribution in [2.45, 2.75) is 11.7 Å². The zero-order valence-corrected chi connectivity index (χ0v) is 9.74. The summed E-state index contributed by atoms with van der Waals surface area (Å²) in [5.74, 6) is -0.554. The first kappa shape index (κ1) is 11.7. The third kappa shape index (κ3) is 2.31. The van der Waals surface area contributed by atoms with Crippen molar-refractivity contribution in [2.75, 3.05) is 4.90 Å². The molecule has 0 saturated carbocycles. The normalized spacial score (nSPS) is 19.8. The highest BCUT2D eigenvalue weighted by atomic mass is 32.2. The zero-order valence-electron chi connectivity index (χ0n) is 8.92. The van der Waals surface area contributed by atoms with Gasteiger partial charge in [0.25, 0.3) is 0 Å². The predicted molar refractivity (Wildman–Crippen MR) is 66.8 cm³/mol. The van der Waals surface area contributed by atoms with Crippen molar-refractivity contribution in [3.05, 3.63) is 30.3 Å². The van der Waals surface area contributed by atoms with Gasteiger partial charge in [0.1, 0.15) is 5.25 Å². The number of amidine groups is 1. The minimum Gasteiger partial charge on any atom is -0.379 e. The van der Waals surface area contributed by atoms with Gasteiger partial charge in [-0.15, -0.1) is 0 Å². The minimum absolute atomic E-state index is 0.0952. The second kappa shape index (κ2) is 4.58. The van der Waals surface area contributed by atoms with Crippen LogP contribution >= 0.6 is 11.8 Å². The number of para-hydroxylation sites is 1. The summed E-state index contributed by atoms with van der Waals surface area (Å²) in [5.41, 5.74) is 5.79. The summed E-state index contributed by atoms with van der Waals surface area (Å²) in [6.07, 6.45) is 0.0952. The van der Waals surface area contributed by atoms with E-state index in [9.17, 15) is 9.59 Å². The Balaban J connectivity index is 2.23. The lowest BCUT2D eigenvalue weighted by atomic mass is 10.3. The van der Waals surface area contributed by atoms with E-state index >= 15 is 0 Å². The number of carbonyl (C=O) groups is 2. The predicted octanol–water partition coefficient (Wildman–Crippen LogP) is 0.945. The van der Waals surface area contributed by atoms with Gasteiger partial charge in [0.15, 0.2) is 5.17 Å². The Hall–Kier alpha value is -1.82. The summed E-state index contributed by atoms with van der Waals surface area (Å²) in [7, 11) is 0. The first-order valence-corrected chi connectivity index (χ1v) is 5.90. The number of nitrogens with one attached hydrogen (secondary N) is 1. The Morgan fingerprint density at radius 1 is 1.35 bits per heavy atom. The van der Waals surface area contributed by atoms with Gasteiger partial charge in [-0.25, -0.2) is 4.90 Å². The second-order valence-electron chi connectivity index (χ2n) is 3.58. The molecular formula is C11H11N3O2S. The highest BCUT2D eigenvalue weighted by molar-refractivity contribution is 8.14. The molecule has 1 unspecified atom stereocenters. The lowest BCUT2D eigenvalue weighted by molar-refractivity contribution is -0.121. The molecule has 2 amide bonds. The number of nitrogens with zero attached hydrogens (tertiary/aromatic N) is 1. The topological polar surface area (TPSA) is 87.2 Å². The number of hydrogen-bond donors (Lipinski definition) is 2. The quantitative estimate of drug-likeness (QED) is 0.464. The van der Waals surface area contributed by atoms with E-state index in [1.165, 1.54) is 0 Å². The molecule has 1 atom stereocenters. The Kier molecular flexibility index (Phi) is 3.14. The number of amides is 2. The SMILES string of the molecule is N=C(N)SC1CC(=O)N(c2ccccc2)C1=O. The molecule has 1 fully saturated rings. The van der Waals surface area contributed by atoms with Crippen LogP contribution in [0, 0.1) is 5.41 Å². The summed E-state index contributed by atoms with van der Waals surface area (Å²) in [5, 5.41) is 6.43. The van der Waals surface area contributed by atoms with E-state index in [1.54, 1.807) is 24.3 Å². The molecule has 6 heteroatoms. The first-order valence-electron chi connectivity index (χ1n) is 5.02. The third-order valence-electron chi connectivity index (χ3n) is 2.39. The minimum atomic E-state index is -0.569. The number of anilines is 1. The molecule has 0 aliphatic carbocycles. The summed E-state index contributed by atoms with van der Waals surface area (Å²) in [6, 6.07) is 8.76. The molecule has 2 rings (SSSR count). The molecule has 1 heterocycles. The Labute approximate surface area is 102 Å². The molecule has 0 aromatic heterocycles. The van der Waals surface area contributed by atoms with Crippen molar-refractivity contribution in [1.29, 1.82) is 5.41 Å². The van der Waals surface area contributed by atoms with Crippen LogP contribution < -0.4 is 10.6 Å². The fourth-order valence-electron chi connectivity index (χ4n) is 1.70. The Bertz CT molecular complexity index is 475. The van der Waals surface area contributed by atoms with Crippen LogP contribution in [0.3, 0.4) is 0 Å². The van der Waals surface area contributed by atoms with Gasteiger partial charge >= 0.3 is 0 Å². The highest BCUT2D eigenvalue weighted by Crippen LogP contribution is 2.28. The van der Waals surface area contributed by atoms with E-state index in [-0.39, 0.29) is 23.4 Å². The van der Waals surface area contributed by atoms with Gasteiger partial charge in [-0.2, -0.15) is 0 Å². The van der Waals surface area contributed by atoms with Crippen molar-refractivity contribution in [3.8, 4) is 0 Å². The molecule has 0 spiro atoms. The van der Waals surface area contributed by atoms with Crippen molar-refractivity contribution in [1.82, 2.24) is 0 Å². The van der Waals surface area contributed by atoms with Gasteiger partial charge in [0.05, 0.1) is 5.69 Å². The second-order valence-corrected chi connectivity index (χ2v) is 4.82. The van der Waals surface area contributed by atoms with Crippen molar-refractivity contribution in [2.24, 2.45) is 5.73 Å². The third-order valence-corrected chi connectivity index (χ3v) is 3.30. The number of hydrogen-bond acceptors (Lipinski definition) is 4. The zero-order chi connectivity index (χ0) is 12.4. The van der Waals surface area contributed by atoms with E-state index in [0.717, 1.165) is 16.7 Å². The van der Waals surface area contributed by atoms with Crippen LogP contribution in [0.5, 0.6) is 0 Å². The van der Waals surface area contributed by atoms with Crippen LogP contribution in [-0.4, -0.2) is 22.2 Å². The smallest absolute Gasteiger partial charge is 0.247 e. The van der Waals surface area contributed by atoms with Crippen LogP contribution in [0.1, 0.15) is 6.42 Å². The van der Waals surface area contributed by atoms with Crippen molar-refractivity contribution >= 4 is 34.4 Å². The Morgan fingerprint density at radius 2 is 2.00 bits per heavy atom. The van der Waals surface area contributed by atoms with Crippen LogP contribution in [0.15, 0.2) is 30.3 Å². The van der Waals surface area contributed by atoms with Crippen molar-refractivity contribution in [3.63, 3.8) is 0 Å². The summed E-state index contributed by atoms with van der Waals surface area (Å²) < 4.78 is 0. The molecule has 1 aliphatic heterocycles. The summed E-state index contributed by atoms with van der Waals surface area (Å²) in [4.78, 5) is 24.9. The van der Waals surface area contributed by atoms with Crippen LogP contribution in [-0.2, 0) is 9.59 Å². The molecule has 1 saturated heterocycles. The molecule has 1 aliphatic rings. The highest BCUT2D eigenvalue weighted by Gasteiger charge is 2.40. The number of carbonyl (C=O) groups excluding carboxylic acids is 2. The van der Waals surface area contributed by atoms with Gasteiger partial charge in [-0.1, -0.05) is 30.0 Å².